The number of carbonyl (C=O) groups is 2. The SMILES string of the molecule is O=C(O)[C@H]1CC(=O)N([C@@H]2CCc3ccccc32)C1. The van der Waals surface area contributed by atoms with Gasteiger partial charge in [0, 0.05) is 13.0 Å². The van der Waals surface area contributed by atoms with E-state index in [0.717, 1.165) is 12.8 Å². The largest absolute Gasteiger partial charge is 0.481 e. The highest BCUT2D eigenvalue weighted by Crippen LogP contribution is 2.38. The first kappa shape index (κ1) is 11.3. The van der Waals surface area contributed by atoms with Crippen LogP contribution in [-0.4, -0.2) is 28.4 Å². The van der Waals surface area contributed by atoms with Gasteiger partial charge < -0.3 is 10.0 Å². The molecule has 1 aromatic carbocycles. The van der Waals surface area contributed by atoms with E-state index in [0.29, 0.717) is 6.54 Å². The molecule has 1 amide bonds. The number of rotatable bonds is 2. The maximum Gasteiger partial charge on any atom is 0.308 e. The van der Waals surface area contributed by atoms with Gasteiger partial charge in [-0.25, -0.2) is 0 Å². The van der Waals surface area contributed by atoms with Gasteiger partial charge in [-0.05, 0) is 24.0 Å². The number of aryl methyl sites for hydroxylation is 1. The molecule has 1 aromatic rings. The zero-order chi connectivity index (χ0) is 12.7. The lowest BCUT2D eigenvalue weighted by atomic mass is 10.1. The van der Waals surface area contributed by atoms with E-state index in [-0.39, 0.29) is 18.4 Å². The molecule has 0 spiro atoms. The summed E-state index contributed by atoms with van der Waals surface area (Å²) in [5.41, 5.74) is 2.48. The summed E-state index contributed by atoms with van der Waals surface area (Å²) in [5.74, 6) is -1.42. The summed E-state index contributed by atoms with van der Waals surface area (Å²) in [7, 11) is 0. The number of benzene rings is 1. The molecule has 1 aliphatic carbocycles. The number of hydrogen-bond donors (Lipinski definition) is 1. The first-order valence-corrected chi connectivity index (χ1v) is 6.27. The second kappa shape index (κ2) is 4.12. The lowest BCUT2D eigenvalue weighted by molar-refractivity contribution is -0.141. The Morgan fingerprint density at radius 2 is 2.11 bits per heavy atom. The summed E-state index contributed by atoms with van der Waals surface area (Å²) >= 11 is 0. The summed E-state index contributed by atoms with van der Waals surface area (Å²) in [6, 6.07) is 8.20. The van der Waals surface area contributed by atoms with Crippen molar-refractivity contribution in [2.45, 2.75) is 25.3 Å². The van der Waals surface area contributed by atoms with Crippen LogP contribution in [0.1, 0.15) is 30.0 Å². The zero-order valence-electron chi connectivity index (χ0n) is 10.0. The van der Waals surface area contributed by atoms with Gasteiger partial charge in [-0.1, -0.05) is 24.3 Å². The van der Waals surface area contributed by atoms with Crippen LogP contribution in [0.4, 0.5) is 0 Å². The van der Waals surface area contributed by atoms with E-state index in [9.17, 15) is 9.59 Å². The first-order chi connectivity index (χ1) is 8.66. The highest BCUT2D eigenvalue weighted by atomic mass is 16.4. The highest BCUT2D eigenvalue weighted by molar-refractivity contribution is 5.86. The minimum absolute atomic E-state index is 0.0240. The number of fused-ring (bicyclic) bond motifs is 1. The molecule has 1 aliphatic heterocycles. The van der Waals surface area contributed by atoms with Crippen molar-refractivity contribution in [1.29, 1.82) is 0 Å². The van der Waals surface area contributed by atoms with E-state index in [4.69, 9.17) is 5.11 Å². The second-order valence-electron chi connectivity index (χ2n) is 5.04. The van der Waals surface area contributed by atoms with Crippen molar-refractivity contribution >= 4 is 11.9 Å². The maximum absolute atomic E-state index is 11.9. The Balaban J connectivity index is 1.85. The van der Waals surface area contributed by atoms with Crippen molar-refractivity contribution in [3.63, 3.8) is 0 Å². The van der Waals surface area contributed by atoms with Crippen LogP contribution in [0.2, 0.25) is 0 Å². The molecular formula is C14H15NO3. The van der Waals surface area contributed by atoms with E-state index in [1.165, 1.54) is 11.1 Å². The number of nitrogens with zero attached hydrogens (tertiary/aromatic N) is 1. The maximum atomic E-state index is 11.9. The molecule has 18 heavy (non-hydrogen) atoms. The lowest BCUT2D eigenvalue weighted by Gasteiger charge is -2.25. The standard InChI is InChI=1S/C14H15NO3/c16-13-7-10(14(17)18)8-15(13)12-6-5-9-3-1-2-4-11(9)12/h1-4,10,12H,5-8H2,(H,17,18)/t10-,12+/m0/s1. The average Bonchev–Trinajstić information content (AvgIpc) is 2.92. The van der Waals surface area contributed by atoms with E-state index in [1.807, 2.05) is 18.2 Å². The summed E-state index contributed by atoms with van der Waals surface area (Å²) < 4.78 is 0. The Morgan fingerprint density at radius 1 is 1.33 bits per heavy atom. The van der Waals surface area contributed by atoms with E-state index in [1.54, 1.807) is 4.90 Å². The monoisotopic (exact) mass is 245 g/mol. The number of carboxylic acid groups (broad SMARTS) is 1. The van der Waals surface area contributed by atoms with Crippen LogP contribution < -0.4 is 0 Å². The Hall–Kier alpha value is -1.84. The molecule has 4 heteroatoms. The third-order valence-electron chi connectivity index (χ3n) is 3.99. The first-order valence-electron chi connectivity index (χ1n) is 6.27. The quantitative estimate of drug-likeness (QED) is 0.861. The van der Waals surface area contributed by atoms with Crippen LogP contribution in [0.15, 0.2) is 24.3 Å². The molecule has 2 atom stereocenters. The molecule has 0 unspecified atom stereocenters. The molecule has 1 heterocycles. The Labute approximate surface area is 105 Å². The van der Waals surface area contributed by atoms with Crippen molar-refractivity contribution in [2.24, 2.45) is 5.92 Å². The molecule has 0 saturated carbocycles. The predicted octanol–water partition coefficient (Wildman–Crippen LogP) is 1.61. The van der Waals surface area contributed by atoms with E-state index in [2.05, 4.69) is 6.07 Å². The Kier molecular flexibility index (Phi) is 2.58. The molecule has 3 rings (SSSR count). The summed E-state index contributed by atoms with van der Waals surface area (Å²) in [6.45, 7) is 0.354. The van der Waals surface area contributed by atoms with Gasteiger partial charge in [0.15, 0.2) is 0 Å². The second-order valence-corrected chi connectivity index (χ2v) is 5.04. The van der Waals surface area contributed by atoms with Crippen molar-refractivity contribution < 1.29 is 14.7 Å². The van der Waals surface area contributed by atoms with Crippen LogP contribution >= 0.6 is 0 Å². The third kappa shape index (κ3) is 1.68. The fourth-order valence-corrected chi connectivity index (χ4v) is 3.06. The van der Waals surface area contributed by atoms with Gasteiger partial charge in [0.2, 0.25) is 5.91 Å². The number of carbonyl (C=O) groups excluding carboxylic acids is 1. The van der Waals surface area contributed by atoms with Crippen LogP contribution in [0, 0.1) is 5.92 Å². The Morgan fingerprint density at radius 3 is 2.83 bits per heavy atom. The fraction of sp³-hybridized carbons (Fsp3) is 0.429. The van der Waals surface area contributed by atoms with Crippen molar-refractivity contribution in [3.05, 3.63) is 35.4 Å². The summed E-state index contributed by atoms with van der Waals surface area (Å²) in [6.07, 6.45) is 2.04. The molecule has 4 nitrogen and oxygen atoms in total. The van der Waals surface area contributed by atoms with Gasteiger partial charge in [0.25, 0.3) is 0 Å². The minimum atomic E-state index is -0.864. The molecule has 0 radical (unpaired) electrons. The van der Waals surface area contributed by atoms with E-state index >= 15 is 0 Å². The number of hydrogen-bond acceptors (Lipinski definition) is 2. The van der Waals surface area contributed by atoms with Crippen LogP contribution in [0.5, 0.6) is 0 Å². The zero-order valence-corrected chi connectivity index (χ0v) is 10.0. The molecular weight excluding hydrogens is 230 g/mol. The molecule has 94 valence electrons. The fourth-order valence-electron chi connectivity index (χ4n) is 3.06. The van der Waals surface area contributed by atoms with Crippen molar-refractivity contribution in [2.75, 3.05) is 6.54 Å². The average molecular weight is 245 g/mol. The highest BCUT2D eigenvalue weighted by Gasteiger charge is 2.40. The van der Waals surface area contributed by atoms with Gasteiger partial charge in [-0.15, -0.1) is 0 Å². The molecule has 2 aliphatic rings. The van der Waals surface area contributed by atoms with E-state index < -0.39 is 11.9 Å². The molecule has 1 N–H and O–H groups in total. The molecule has 1 saturated heterocycles. The molecule has 0 bridgehead atoms. The number of aliphatic carboxylic acids is 1. The third-order valence-corrected chi connectivity index (χ3v) is 3.99. The smallest absolute Gasteiger partial charge is 0.308 e. The van der Waals surface area contributed by atoms with Crippen LogP contribution in [-0.2, 0) is 16.0 Å². The van der Waals surface area contributed by atoms with Gasteiger partial charge in [0.1, 0.15) is 0 Å². The van der Waals surface area contributed by atoms with Crippen LogP contribution in [0.25, 0.3) is 0 Å². The van der Waals surface area contributed by atoms with Gasteiger partial charge in [-0.2, -0.15) is 0 Å². The van der Waals surface area contributed by atoms with Gasteiger partial charge in [-0.3, -0.25) is 9.59 Å². The van der Waals surface area contributed by atoms with Gasteiger partial charge >= 0.3 is 5.97 Å². The Bertz CT molecular complexity index is 512. The number of likely N-dealkylation sites (tertiary alicyclic amines) is 1. The molecule has 0 aromatic heterocycles. The van der Waals surface area contributed by atoms with Crippen LogP contribution in [0.3, 0.4) is 0 Å². The predicted molar refractivity (Wildman–Crippen MR) is 65.0 cm³/mol. The lowest BCUT2D eigenvalue weighted by Crippen LogP contribution is -2.29. The topological polar surface area (TPSA) is 57.6 Å². The number of carboxylic acids is 1. The summed E-state index contributed by atoms with van der Waals surface area (Å²) in [5, 5.41) is 9.01. The number of amides is 1. The van der Waals surface area contributed by atoms with Gasteiger partial charge in [0.05, 0.1) is 12.0 Å². The normalized spacial score (nSPS) is 26.4. The molecule has 1 fully saturated rings. The van der Waals surface area contributed by atoms with Crippen molar-refractivity contribution in [1.82, 2.24) is 4.90 Å². The van der Waals surface area contributed by atoms with Crippen molar-refractivity contribution in [3.8, 4) is 0 Å². The minimum Gasteiger partial charge on any atom is -0.481 e. The summed E-state index contributed by atoms with van der Waals surface area (Å²) in [4.78, 5) is 24.7.